The van der Waals surface area contributed by atoms with E-state index in [9.17, 15) is 4.79 Å². The molecule has 1 amide bonds. The van der Waals surface area contributed by atoms with Crippen LogP contribution in [0.5, 0.6) is 23.0 Å². The molecular weight excluding hydrogens is 456 g/mol. The first-order valence-electron chi connectivity index (χ1n) is 11.2. The van der Waals surface area contributed by atoms with Gasteiger partial charge in [-0.05, 0) is 53.7 Å². The van der Waals surface area contributed by atoms with Crippen LogP contribution in [0.3, 0.4) is 0 Å². The molecule has 0 aromatic heterocycles. The van der Waals surface area contributed by atoms with Gasteiger partial charge in [-0.3, -0.25) is 19.5 Å². The van der Waals surface area contributed by atoms with Crippen LogP contribution in [-0.4, -0.2) is 72.2 Å². The number of thiocarbonyl (C=S) groups is 1. The Bertz CT molecular complexity index is 1180. The molecule has 2 aromatic rings. The highest BCUT2D eigenvalue weighted by atomic mass is 32.1. The predicted octanol–water partition coefficient (Wildman–Crippen LogP) is 1.98. The van der Waals surface area contributed by atoms with E-state index in [4.69, 9.17) is 31.2 Å². The highest BCUT2D eigenvalue weighted by molar-refractivity contribution is 7.80. The molecule has 0 aliphatic carbocycles. The molecular formula is C24H24N4O5S. The van der Waals surface area contributed by atoms with Crippen LogP contribution in [0.1, 0.15) is 11.1 Å². The molecule has 0 unspecified atom stereocenters. The predicted molar refractivity (Wildman–Crippen MR) is 127 cm³/mol. The molecule has 4 aliphatic rings. The Kier molecular flexibility index (Phi) is 5.48. The van der Waals surface area contributed by atoms with Crippen molar-refractivity contribution in [3.05, 3.63) is 53.2 Å². The Hall–Kier alpha value is -3.34. The molecule has 2 saturated heterocycles. The van der Waals surface area contributed by atoms with Crippen LogP contribution in [0.4, 0.5) is 0 Å². The van der Waals surface area contributed by atoms with Gasteiger partial charge in [0, 0.05) is 32.7 Å². The number of nitrogens with zero attached hydrogens (tertiary/aromatic N) is 3. The second kappa shape index (κ2) is 8.79. The summed E-state index contributed by atoms with van der Waals surface area (Å²) in [6.07, 6.45) is 1.79. The molecule has 1 N–H and O–H groups in total. The minimum absolute atomic E-state index is 0.120. The van der Waals surface area contributed by atoms with Crippen LogP contribution in [0.25, 0.3) is 6.08 Å². The second-order valence-corrected chi connectivity index (χ2v) is 8.94. The maximum absolute atomic E-state index is 13.0. The average molecular weight is 481 g/mol. The lowest BCUT2D eigenvalue weighted by molar-refractivity contribution is -0.124. The molecule has 0 radical (unpaired) electrons. The maximum atomic E-state index is 13.0. The van der Waals surface area contributed by atoms with Crippen molar-refractivity contribution in [2.24, 2.45) is 0 Å². The third-order valence-corrected chi connectivity index (χ3v) is 6.64. The summed E-state index contributed by atoms with van der Waals surface area (Å²) in [5.41, 5.74) is 2.52. The highest BCUT2D eigenvalue weighted by Gasteiger charge is 2.33. The Morgan fingerprint density at radius 2 is 1.50 bits per heavy atom. The summed E-state index contributed by atoms with van der Waals surface area (Å²) < 4.78 is 21.6. The Morgan fingerprint density at radius 3 is 2.26 bits per heavy atom. The quantitative estimate of drug-likeness (QED) is 0.511. The number of fused-ring (bicyclic) bond motifs is 2. The lowest BCUT2D eigenvalue weighted by Gasteiger charge is -2.36. The summed E-state index contributed by atoms with van der Waals surface area (Å²) in [4.78, 5) is 19.3. The Morgan fingerprint density at radius 1 is 0.853 bits per heavy atom. The monoisotopic (exact) mass is 480 g/mol. The fourth-order valence-corrected chi connectivity index (χ4v) is 4.71. The Balaban J connectivity index is 1.04. The number of ether oxygens (including phenoxy) is 4. The van der Waals surface area contributed by atoms with Crippen LogP contribution in [0, 0.1) is 0 Å². The molecule has 34 heavy (non-hydrogen) atoms. The molecule has 9 nitrogen and oxygen atoms in total. The van der Waals surface area contributed by atoms with Gasteiger partial charge in [0.15, 0.2) is 28.1 Å². The van der Waals surface area contributed by atoms with Gasteiger partial charge in [0.25, 0.3) is 5.91 Å². The van der Waals surface area contributed by atoms with Crippen molar-refractivity contribution < 1.29 is 23.7 Å². The van der Waals surface area contributed by atoms with E-state index in [0.29, 0.717) is 29.0 Å². The molecule has 2 fully saturated rings. The summed E-state index contributed by atoms with van der Waals surface area (Å²) in [5.74, 6) is 2.89. The standard InChI is InChI=1S/C24H24N4O5S/c29-23-18(9-16-1-3-19-21(10-16)32-14-30-19)25-24(34)28(23)13-27-7-5-26(6-8-27)12-17-2-4-20-22(11-17)33-15-31-20/h1-4,9-11H,5-8,12-15H2,(H,25,34). The first-order chi connectivity index (χ1) is 16.6. The molecule has 0 saturated carbocycles. The number of carbonyl (C=O) groups is 1. The summed E-state index contributed by atoms with van der Waals surface area (Å²) in [6, 6.07) is 11.7. The van der Waals surface area contributed by atoms with Gasteiger partial charge >= 0.3 is 0 Å². The van der Waals surface area contributed by atoms with E-state index in [1.54, 1.807) is 11.0 Å². The van der Waals surface area contributed by atoms with Gasteiger partial charge in [0.2, 0.25) is 13.6 Å². The van der Waals surface area contributed by atoms with Gasteiger partial charge in [-0.1, -0.05) is 12.1 Å². The maximum Gasteiger partial charge on any atom is 0.277 e. The zero-order valence-electron chi connectivity index (χ0n) is 18.5. The van der Waals surface area contributed by atoms with Crippen molar-refractivity contribution in [3.8, 4) is 23.0 Å². The molecule has 4 aliphatic heterocycles. The van der Waals surface area contributed by atoms with E-state index in [-0.39, 0.29) is 19.5 Å². The van der Waals surface area contributed by atoms with E-state index >= 15 is 0 Å². The summed E-state index contributed by atoms with van der Waals surface area (Å²) in [6.45, 7) is 5.38. The highest BCUT2D eigenvalue weighted by Crippen LogP contribution is 2.34. The fourth-order valence-electron chi connectivity index (χ4n) is 4.46. The van der Waals surface area contributed by atoms with Gasteiger partial charge < -0.3 is 24.3 Å². The fraction of sp³-hybridized carbons (Fsp3) is 0.333. The lowest BCUT2D eigenvalue weighted by atomic mass is 10.1. The number of nitrogens with one attached hydrogen (secondary N) is 1. The number of carbonyl (C=O) groups excluding carboxylic acids is 1. The first kappa shape index (κ1) is 21.2. The normalized spacial score (nSPS) is 20.9. The molecule has 176 valence electrons. The topological polar surface area (TPSA) is 75.7 Å². The second-order valence-electron chi connectivity index (χ2n) is 8.56. The SMILES string of the molecule is O=C1C(=Cc2ccc3c(c2)OCO3)NC(=S)N1CN1CCN(Cc2ccc3c(c2)OCO3)CC1. The molecule has 0 spiro atoms. The molecule has 0 bridgehead atoms. The molecule has 2 aromatic carbocycles. The summed E-state index contributed by atoms with van der Waals surface area (Å²) in [7, 11) is 0. The van der Waals surface area contributed by atoms with Gasteiger partial charge in [-0.2, -0.15) is 0 Å². The van der Waals surface area contributed by atoms with E-state index in [1.165, 1.54) is 5.56 Å². The number of rotatable bonds is 5. The van der Waals surface area contributed by atoms with E-state index in [1.807, 2.05) is 24.3 Å². The van der Waals surface area contributed by atoms with Crippen molar-refractivity contribution in [1.29, 1.82) is 0 Å². The number of hydrogen-bond donors (Lipinski definition) is 1. The Labute approximate surface area is 202 Å². The molecule has 4 heterocycles. The van der Waals surface area contributed by atoms with Crippen LogP contribution >= 0.6 is 12.2 Å². The zero-order valence-corrected chi connectivity index (χ0v) is 19.3. The number of piperazine rings is 1. The molecule has 10 heteroatoms. The van der Waals surface area contributed by atoms with E-state index in [0.717, 1.165) is 49.8 Å². The van der Waals surface area contributed by atoms with Crippen molar-refractivity contribution in [3.63, 3.8) is 0 Å². The van der Waals surface area contributed by atoms with Crippen molar-refractivity contribution in [1.82, 2.24) is 20.0 Å². The van der Waals surface area contributed by atoms with Crippen molar-refractivity contribution >= 4 is 29.3 Å². The third-order valence-electron chi connectivity index (χ3n) is 6.32. The van der Waals surface area contributed by atoms with Gasteiger partial charge in [0.05, 0.1) is 6.67 Å². The number of amides is 1. The third kappa shape index (κ3) is 4.15. The lowest BCUT2D eigenvalue weighted by Crippen LogP contribution is -2.50. The van der Waals surface area contributed by atoms with Gasteiger partial charge in [0.1, 0.15) is 5.70 Å². The van der Waals surface area contributed by atoms with Gasteiger partial charge in [-0.15, -0.1) is 0 Å². The minimum Gasteiger partial charge on any atom is -0.454 e. The van der Waals surface area contributed by atoms with E-state index in [2.05, 4.69) is 27.2 Å². The molecule has 6 rings (SSSR count). The smallest absolute Gasteiger partial charge is 0.277 e. The first-order valence-corrected chi connectivity index (χ1v) is 11.6. The van der Waals surface area contributed by atoms with Crippen LogP contribution in [0.15, 0.2) is 42.1 Å². The van der Waals surface area contributed by atoms with Crippen LogP contribution in [0.2, 0.25) is 0 Å². The summed E-state index contributed by atoms with van der Waals surface area (Å²) in [5, 5.41) is 3.49. The number of benzene rings is 2. The minimum atomic E-state index is -0.120. The summed E-state index contributed by atoms with van der Waals surface area (Å²) >= 11 is 5.46. The van der Waals surface area contributed by atoms with E-state index < -0.39 is 0 Å². The van der Waals surface area contributed by atoms with Gasteiger partial charge in [-0.25, -0.2) is 0 Å². The van der Waals surface area contributed by atoms with Crippen molar-refractivity contribution in [2.45, 2.75) is 6.54 Å². The molecule has 0 atom stereocenters. The zero-order chi connectivity index (χ0) is 23.1. The number of hydrogen-bond acceptors (Lipinski definition) is 8. The van der Waals surface area contributed by atoms with Crippen molar-refractivity contribution in [2.75, 3.05) is 46.4 Å². The van der Waals surface area contributed by atoms with Crippen LogP contribution < -0.4 is 24.3 Å². The van der Waals surface area contributed by atoms with Crippen LogP contribution in [-0.2, 0) is 11.3 Å². The largest absolute Gasteiger partial charge is 0.454 e. The average Bonchev–Trinajstić information content (AvgIpc) is 3.56.